The first kappa shape index (κ1) is 14.3. The molecule has 3 unspecified atom stereocenters. The lowest BCUT2D eigenvalue weighted by atomic mass is 9.73. The van der Waals surface area contributed by atoms with Gasteiger partial charge in [0.25, 0.3) is 0 Å². The van der Waals surface area contributed by atoms with Gasteiger partial charge in [0.1, 0.15) is 0 Å². The molecule has 2 aliphatic rings. The third-order valence-electron chi connectivity index (χ3n) is 5.04. The lowest BCUT2D eigenvalue weighted by molar-refractivity contribution is 0.143. The average molecular weight is 254 g/mol. The standard InChI is InChI=1S/C15H30N2O/c1-2-14(7-9-18)17-15(11-16)8-3-4-13(10-15)12-5-6-12/h12-14,17-18H,2-11,16H2,1H3. The van der Waals surface area contributed by atoms with E-state index in [0.717, 1.165) is 31.2 Å². The minimum Gasteiger partial charge on any atom is -0.396 e. The van der Waals surface area contributed by atoms with Crippen LogP contribution in [0.1, 0.15) is 58.3 Å². The summed E-state index contributed by atoms with van der Waals surface area (Å²) in [5, 5.41) is 12.9. The van der Waals surface area contributed by atoms with Crippen LogP contribution >= 0.6 is 0 Å². The summed E-state index contributed by atoms with van der Waals surface area (Å²) >= 11 is 0. The Balaban J connectivity index is 1.94. The quantitative estimate of drug-likeness (QED) is 0.651. The summed E-state index contributed by atoms with van der Waals surface area (Å²) in [6, 6.07) is 0.427. The Morgan fingerprint density at radius 1 is 1.33 bits per heavy atom. The summed E-state index contributed by atoms with van der Waals surface area (Å²) in [5.74, 6) is 1.90. The molecule has 4 N–H and O–H groups in total. The molecule has 2 fully saturated rings. The minimum absolute atomic E-state index is 0.154. The van der Waals surface area contributed by atoms with E-state index >= 15 is 0 Å². The van der Waals surface area contributed by atoms with E-state index in [1.807, 2.05) is 0 Å². The Kier molecular flexibility index (Phi) is 5.05. The molecule has 0 heterocycles. The molecule has 2 rings (SSSR count). The van der Waals surface area contributed by atoms with Crippen molar-refractivity contribution >= 4 is 0 Å². The number of rotatable bonds is 7. The second-order valence-corrected chi connectivity index (χ2v) is 6.44. The average Bonchev–Trinajstić information content (AvgIpc) is 3.23. The highest BCUT2D eigenvalue weighted by Crippen LogP contribution is 2.46. The highest BCUT2D eigenvalue weighted by atomic mass is 16.3. The molecule has 0 aliphatic heterocycles. The van der Waals surface area contributed by atoms with Crippen LogP contribution in [0.4, 0.5) is 0 Å². The van der Waals surface area contributed by atoms with Gasteiger partial charge in [-0.05, 0) is 50.4 Å². The fourth-order valence-corrected chi connectivity index (χ4v) is 3.72. The first-order valence-electron chi connectivity index (χ1n) is 7.81. The van der Waals surface area contributed by atoms with Crippen molar-refractivity contribution < 1.29 is 5.11 Å². The molecule has 3 atom stereocenters. The Bertz CT molecular complexity index is 255. The smallest absolute Gasteiger partial charge is 0.0445 e. The first-order chi connectivity index (χ1) is 8.73. The highest BCUT2D eigenvalue weighted by Gasteiger charge is 2.41. The van der Waals surface area contributed by atoms with Crippen molar-refractivity contribution in [2.45, 2.75) is 69.9 Å². The van der Waals surface area contributed by atoms with E-state index in [2.05, 4.69) is 12.2 Å². The van der Waals surface area contributed by atoms with Crippen molar-refractivity contribution in [1.82, 2.24) is 5.32 Å². The molecule has 3 nitrogen and oxygen atoms in total. The van der Waals surface area contributed by atoms with E-state index in [4.69, 9.17) is 10.8 Å². The molecular formula is C15H30N2O. The van der Waals surface area contributed by atoms with Crippen LogP contribution in [0.3, 0.4) is 0 Å². The predicted octanol–water partition coefficient (Wildman–Crippen LogP) is 2.03. The maximum absolute atomic E-state index is 9.13. The molecule has 0 aromatic rings. The number of aliphatic hydroxyl groups excluding tert-OH is 1. The fourth-order valence-electron chi connectivity index (χ4n) is 3.72. The van der Waals surface area contributed by atoms with Gasteiger partial charge >= 0.3 is 0 Å². The molecule has 0 bridgehead atoms. The van der Waals surface area contributed by atoms with Gasteiger partial charge in [0.15, 0.2) is 0 Å². The van der Waals surface area contributed by atoms with Crippen molar-refractivity contribution in [3.8, 4) is 0 Å². The Morgan fingerprint density at radius 2 is 2.11 bits per heavy atom. The zero-order valence-electron chi connectivity index (χ0n) is 11.8. The molecule has 0 aromatic carbocycles. The summed E-state index contributed by atoms with van der Waals surface area (Å²) in [4.78, 5) is 0. The molecular weight excluding hydrogens is 224 g/mol. The number of hydrogen-bond donors (Lipinski definition) is 3. The van der Waals surface area contributed by atoms with Crippen LogP contribution < -0.4 is 11.1 Å². The molecule has 0 amide bonds. The predicted molar refractivity (Wildman–Crippen MR) is 75.4 cm³/mol. The van der Waals surface area contributed by atoms with Gasteiger partial charge in [0, 0.05) is 24.7 Å². The third-order valence-corrected chi connectivity index (χ3v) is 5.04. The summed E-state index contributed by atoms with van der Waals surface area (Å²) in [6.07, 6.45) is 10.0. The van der Waals surface area contributed by atoms with E-state index in [0.29, 0.717) is 6.04 Å². The largest absolute Gasteiger partial charge is 0.396 e. The van der Waals surface area contributed by atoms with E-state index in [9.17, 15) is 0 Å². The van der Waals surface area contributed by atoms with Crippen LogP contribution in [0.2, 0.25) is 0 Å². The SMILES string of the molecule is CCC(CCO)NC1(CN)CCCC(C2CC2)C1. The lowest BCUT2D eigenvalue weighted by Crippen LogP contribution is -2.57. The van der Waals surface area contributed by atoms with Crippen molar-refractivity contribution in [2.24, 2.45) is 17.6 Å². The van der Waals surface area contributed by atoms with Crippen LogP contribution in [-0.2, 0) is 0 Å². The number of aliphatic hydroxyl groups is 1. The van der Waals surface area contributed by atoms with E-state index < -0.39 is 0 Å². The van der Waals surface area contributed by atoms with Gasteiger partial charge in [-0.25, -0.2) is 0 Å². The summed E-state index contributed by atoms with van der Waals surface area (Å²) in [7, 11) is 0. The van der Waals surface area contributed by atoms with Crippen LogP contribution in [0, 0.1) is 11.8 Å². The van der Waals surface area contributed by atoms with Crippen molar-refractivity contribution in [3.63, 3.8) is 0 Å². The highest BCUT2D eigenvalue weighted by molar-refractivity contribution is 4.99. The van der Waals surface area contributed by atoms with Crippen LogP contribution in [-0.4, -0.2) is 29.8 Å². The zero-order valence-corrected chi connectivity index (χ0v) is 11.8. The molecule has 0 saturated heterocycles. The molecule has 0 radical (unpaired) electrons. The molecule has 2 aliphatic carbocycles. The summed E-state index contributed by atoms with van der Waals surface area (Å²) in [5.41, 5.74) is 6.25. The number of nitrogens with two attached hydrogens (primary N) is 1. The normalized spacial score (nSPS) is 34.5. The summed E-state index contributed by atoms with van der Waals surface area (Å²) in [6.45, 7) is 3.22. The molecule has 2 saturated carbocycles. The van der Waals surface area contributed by atoms with Gasteiger partial charge in [-0.3, -0.25) is 0 Å². The van der Waals surface area contributed by atoms with Crippen molar-refractivity contribution in [1.29, 1.82) is 0 Å². The molecule has 18 heavy (non-hydrogen) atoms. The van der Waals surface area contributed by atoms with Gasteiger partial charge in [0.2, 0.25) is 0 Å². The van der Waals surface area contributed by atoms with Crippen molar-refractivity contribution in [2.75, 3.05) is 13.2 Å². The zero-order chi connectivity index (χ0) is 13.0. The van der Waals surface area contributed by atoms with Gasteiger partial charge in [-0.2, -0.15) is 0 Å². The third kappa shape index (κ3) is 3.46. The van der Waals surface area contributed by atoms with Crippen LogP contribution in [0.25, 0.3) is 0 Å². The van der Waals surface area contributed by atoms with Gasteiger partial charge in [-0.1, -0.05) is 19.8 Å². The van der Waals surface area contributed by atoms with Gasteiger partial charge < -0.3 is 16.2 Å². The maximum atomic E-state index is 9.13. The number of nitrogens with one attached hydrogen (secondary N) is 1. The van der Waals surface area contributed by atoms with E-state index in [-0.39, 0.29) is 12.1 Å². The molecule has 106 valence electrons. The first-order valence-corrected chi connectivity index (χ1v) is 7.81. The maximum Gasteiger partial charge on any atom is 0.0445 e. The number of hydrogen-bond acceptors (Lipinski definition) is 3. The molecule has 3 heteroatoms. The molecule has 0 aromatic heterocycles. The second kappa shape index (κ2) is 6.36. The minimum atomic E-state index is 0.154. The summed E-state index contributed by atoms with van der Waals surface area (Å²) < 4.78 is 0. The van der Waals surface area contributed by atoms with E-state index in [1.165, 1.54) is 38.5 Å². The fraction of sp³-hybridized carbons (Fsp3) is 1.00. The Labute approximate surface area is 112 Å². The Morgan fingerprint density at radius 3 is 2.67 bits per heavy atom. The van der Waals surface area contributed by atoms with Crippen LogP contribution in [0.5, 0.6) is 0 Å². The molecule has 0 spiro atoms. The van der Waals surface area contributed by atoms with Crippen molar-refractivity contribution in [3.05, 3.63) is 0 Å². The lowest BCUT2D eigenvalue weighted by Gasteiger charge is -2.43. The Hall–Kier alpha value is -0.120. The van der Waals surface area contributed by atoms with Gasteiger partial charge in [-0.15, -0.1) is 0 Å². The monoisotopic (exact) mass is 254 g/mol. The van der Waals surface area contributed by atoms with Gasteiger partial charge in [0.05, 0.1) is 0 Å². The van der Waals surface area contributed by atoms with E-state index in [1.54, 1.807) is 0 Å². The second-order valence-electron chi connectivity index (χ2n) is 6.44. The van der Waals surface area contributed by atoms with Crippen LogP contribution in [0.15, 0.2) is 0 Å². The topological polar surface area (TPSA) is 58.3 Å².